The van der Waals surface area contributed by atoms with Crippen LogP contribution in [-0.4, -0.2) is 51.4 Å². The lowest BCUT2D eigenvalue weighted by molar-refractivity contribution is -0.904. The monoisotopic (exact) mass is 394 g/mol. The second-order valence-electron chi connectivity index (χ2n) is 8.32. The van der Waals surface area contributed by atoms with Crippen molar-refractivity contribution in [3.63, 3.8) is 0 Å². The molecule has 3 rings (SSSR count). The Morgan fingerprint density at radius 1 is 1.15 bits per heavy atom. The van der Waals surface area contributed by atoms with E-state index in [1.54, 1.807) is 28.6 Å². The van der Waals surface area contributed by atoms with Crippen LogP contribution < -0.4 is 10.2 Å². The van der Waals surface area contributed by atoms with Crippen LogP contribution in [0.3, 0.4) is 0 Å². The molecule has 6 nitrogen and oxygen atoms in total. The largest absolute Gasteiger partial charge is 0.327 e. The Balaban J connectivity index is 1.64. The van der Waals surface area contributed by atoms with E-state index >= 15 is 0 Å². The molecule has 2 N–H and O–H groups in total. The number of hydrogen-bond donors (Lipinski definition) is 2. The van der Waals surface area contributed by atoms with Gasteiger partial charge in [-0.25, -0.2) is 8.42 Å². The fraction of sp³-hybridized carbons (Fsp3) is 0.650. The molecule has 0 aliphatic carbocycles. The molecule has 1 amide bonds. The third-order valence-corrected chi connectivity index (χ3v) is 7.45. The van der Waals surface area contributed by atoms with Crippen molar-refractivity contribution in [3.05, 3.63) is 24.3 Å². The number of nitrogens with zero attached hydrogens (tertiary/aromatic N) is 1. The van der Waals surface area contributed by atoms with Gasteiger partial charge in [-0.1, -0.05) is 26.3 Å². The Morgan fingerprint density at radius 3 is 2.48 bits per heavy atom. The number of carbonyl (C=O) groups excluding carboxylic acids is 1. The van der Waals surface area contributed by atoms with Crippen LogP contribution in [0.1, 0.15) is 39.5 Å². The lowest BCUT2D eigenvalue weighted by Gasteiger charge is -2.31. The second-order valence-corrected chi connectivity index (χ2v) is 10.3. The zero-order chi connectivity index (χ0) is 19.4. The summed E-state index contributed by atoms with van der Waals surface area (Å²) in [7, 11) is -3.49. The summed E-state index contributed by atoms with van der Waals surface area (Å²) in [6.45, 7) is 8.09. The number of nitrogens with one attached hydrogen (secondary N) is 2. The third-order valence-electron chi connectivity index (χ3n) is 5.56. The molecule has 0 unspecified atom stereocenters. The van der Waals surface area contributed by atoms with Gasteiger partial charge in [-0.3, -0.25) is 4.79 Å². The van der Waals surface area contributed by atoms with Crippen molar-refractivity contribution < 1.29 is 18.1 Å². The molecule has 1 aromatic carbocycles. The van der Waals surface area contributed by atoms with Crippen molar-refractivity contribution in [1.29, 1.82) is 0 Å². The second kappa shape index (κ2) is 8.71. The quantitative estimate of drug-likeness (QED) is 0.792. The van der Waals surface area contributed by atoms with Crippen LogP contribution in [0.5, 0.6) is 0 Å². The van der Waals surface area contributed by atoms with Gasteiger partial charge in [-0.05, 0) is 37.5 Å². The van der Waals surface area contributed by atoms with Crippen LogP contribution >= 0.6 is 0 Å². The summed E-state index contributed by atoms with van der Waals surface area (Å²) in [6, 6.07) is 6.64. The number of carbonyl (C=O) groups is 1. The third kappa shape index (κ3) is 5.30. The van der Waals surface area contributed by atoms with Gasteiger partial charge in [0, 0.05) is 30.6 Å². The molecule has 2 fully saturated rings. The zero-order valence-electron chi connectivity index (χ0n) is 16.4. The van der Waals surface area contributed by atoms with Gasteiger partial charge in [0.05, 0.1) is 18.0 Å². The predicted octanol–water partition coefficient (Wildman–Crippen LogP) is 1.36. The van der Waals surface area contributed by atoms with Gasteiger partial charge in [0.15, 0.2) is 6.54 Å². The molecular formula is C20H32N3O3S+. The van der Waals surface area contributed by atoms with E-state index in [2.05, 4.69) is 19.2 Å². The van der Waals surface area contributed by atoms with Gasteiger partial charge >= 0.3 is 0 Å². The molecule has 0 saturated carbocycles. The highest BCUT2D eigenvalue weighted by Crippen LogP contribution is 2.22. The SMILES string of the molecule is C[C@@H]1C[C@@H](C)C[NH+](CC(=O)Nc2cccc(S(=O)(=O)N3CCCCC3)c2)C1. The average Bonchev–Trinajstić information content (AvgIpc) is 2.61. The minimum absolute atomic E-state index is 0.0566. The Hall–Kier alpha value is -1.44. The maximum atomic E-state index is 12.8. The van der Waals surface area contributed by atoms with E-state index in [9.17, 15) is 13.2 Å². The first-order chi connectivity index (χ1) is 12.8. The van der Waals surface area contributed by atoms with Crippen molar-refractivity contribution in [3.8, 4) is 0 Å². The average molecular weight is 395 g/mol. The van der Waals surface area contributed by atoms with E-state index in [1.807, 2.05) is 0 Å². The Bertz CT molecular complexity index is 749. The molecular weight excluding hydrogens is 362 g/mol. The molecule has 0 spiro atoms. The van der Waals surface area contributed by atoms with Crippen LogP contribution in [-0.2, 0) is 14.8 Å². The summed E-state index contributed by atoms with van der Waals surface area (Å²) in [5.74, 6) is 1.21. The topological polar surface area (TPSA) is 70.9 Å². The van der Waals surface area contributed by atoms with Crippen LogP contribution in [0.4, 0.5) is 5.69 Å². The molecule has 0 aromatic heterocycles. The highest BCUT2D eigenvalue weighted by Gasteiger charge is 2.28. The van der Waals surface area contributed by atoms with Crippen molar-refractivity contribution >= 4 is 21.6 Å². The molecule has 7 heteroatoms. The van der Waals surface area contributed by atoms with Crippen LogP contribution in [0.15, 0.2) is 29.2 Å². The molecule has 1 aromatic rings. The highest BCUT2D eigenvalue weighted by atomic mass is 32.2. The van der Waals surface area contributed by atoms with Gasteiger partial charge in [0.1, 0.15) is 0 Å². The Labute approximate surface area is 163 Å². The summed E-state index contributed by atoms with van der Waals surface area (Å²) in [5, 5.41) is 2.89. The standard InChI is InChI=1S/C20H31N3O3S/c1-16-11-17(2)14-22(13-16)15-20(24)21-18-7-6-8-19(12-18)27(25,26)23-9-4-3-5-10-23/h6-8,12,16-17H,3-5,9-11,13-15H2,1-2H3,(H,21,24)/p+1/t16-,17-/m1/s1. The lowest BCUT2D eigenvalue weighted by atomic mass is 9.92. The number of likely N-dealkylation sites (tertiary alicyclic amines) is 1. The number of anilines is 1. The van der Waals surface area contributed by atoms with Gasteiger partial charge in [0.2, 0.25) is 10.0 Å². The number of rotatable bonds is 5. The first-order valence-electron chi connectivity index (χ1n) is 10.1. The first-order valence-corrected chi connectivity index (χ1v) is 11.5. The number of quaternary nitrogens is 1. The molecule has 2 atom stereocenters. The van der Waals surface area contributed by atoms with E-state index in [0.29, 0.717) is 37.2 Å². The predicted molar refractivity (Wildman–Crippen MR) is 106 cm³/mol. The fourth-order valence-corrected chi connectivity index (χ4v) is 6.05. The number of hydrogen-bond acceptors (Lipinski definition) is 3. The van der Waals surface area contributed by atoms with E-state index < -0.39 is 10.0 Å². The number of amides is 1. The number of piperidine rings is 2. The zero-order valence-corrected chi connectivity index (χ0v) is 17.2. The molecule has 2 saturated heterocycles. The van der Waals surface area contributed by atoms with Crippen LogP contribution in [0, 0.1) is 11.8 Å². The molecule has 0 radical (unpaired) electrons. The number of sulfonamides is 1. The molecule has 2 aliphatic rings. The Morgan fingerprint density at radius 2 is 1.81 bits per heavy atom. The minimum atomic E-state index is -3.49. The molecule has 2 aliphatic heterocycles. The van der Waals surface area contributed by atoms with E-state index in [0.717, 1.165) is 32.4 Å². The van der Waals surface area contributed by atoms with E-state index in [-0.39, 0.29) is 10.8 Å². The van der Waals surface area contributed by atoms with Gasteiger partial charge in [-0.15, -0.1) is 0 Å². The first kappa shape index (κ1) is 20.3. The van der Waals surface area contributed by atoms with Crippen LogP contribution in [0.2, 0.25) is 0 Å². The summed E-state index contributed by atoms with van der Waals surface area (Å²) >= 11 is 0. The molecule has 2 heterocycles. The normalized spacial score (nSPS) is 27.3. The summed E-state index contributed by atoms with van der Waals surface area (Å²) in [5.41, 5.74) is 0.551. The van der Waals surface area contributed by atoms with Gasteiger partial charge < -0.3 is 10.2 Å². The van der Waals surface area contributed by atoms with Crippen molar-refractivity contribution in [2.45, 2.75) is 44.4 Å². The minimum Gasteiger partial charge on any atom is -0.327 e. The van der Waals surface area contributed by atoms with Crippen molar-refractivity contribution in [2.24, 2.45) is 11.8 Å². The van der Waals surface area contributed by atoms with Gasteiger partial charge in [-0.2, -0.15) is 4.31 Å². The fourth-order valence-electron chi connectivity index (χ4n) is 4.49. The lowest BCUT2D eigenvalue weighted by Crippen LogP contribution is -3.15. The van der Waals surface area contributed by atoms with Crippen molar-refractivity contribution in [1.82, 2.24) is 4.31 Å². The molecule has 0 bridgehead atoms. The highest BCUT2D eigenvalue weighted by molar-refractivity contribution is 7.89. The Kier molecular flexibility index (Phi) is 6.55. The molecule has 27 heavy (non-hydrogen) atoms. The van der Waals surface area contributed by atoms with Gasteiger partial charge in [0.25, 0.3) is 5.91 Å². The maximum absolute atomic E-state index is 12.8. The van der Waals surface area contributed by atoms with Crippen LogP contribution in [0.25, 0.3) is 0 Å². The van der Waals surface area contributed by atoms with E-state index in [1.165, 1.54) is 11.3 Å². The smallest absolute Gasteiger partial charge is 0.279 e. The van der Waals surface area contributed by atoms with E-state index in [4.69, 9.17) is 0 Å². The van der Waals surface area contributed by atoms with Crippen molar-refractivity contribution in [2.75, 3.05) is 38.0 Å². The number of benzene rings is 1. The summed E-state index contributed by atoms with van der Waals surface area (Å²) in [4.78, 5) is 14.0. The summed E-state index contributed by atoms with van der Waals surface area (Å²) in [6.07, 6.45) is 4.12. The maximum Gasteiger partial charge on any atom is 0.279 e. The summed E-state index contributed by atoms with van der Waals surface area (Å²) < 4.78 is 27.2. The molecule has 150 valence electrons.